The second-order valence-corrected chi connectivity index (χ2v) is 5.44. The normalized spacial score (nSPS) is 12.1. The molecule has 22 heavy (non-hydrogen) atoms. The molecule has 2 aromatic carbocycles. The first-order valence-electron chi connectivity index (χ1n) is 7.65. The minimum atomic E-state index is -0.152. The molecular formula is C18H24N2O2. The molecule has 0 heterocycles. The van der Waals surface area contributed by atoms with Crippen LogP contribution in [-0.2, 0) is 4.79 Å². The van der Waals surface area contributed by atoms with Gasteiger partial charge in [0.05, 0.1) is 13.0 Å². The van der Waals surface area contributed by atoms with Crippen LogP contribution in [0.2, 0.25) is 0 Å². The molecule has 0 saturated heterocycles. The summed E-state index contributed by atoms with van der Waals surface area (Å²) in [5.41, 5.74) is 1.03. The molecule has 1 atom stereocenters. The van der Waals surface area contributed by atoms with Gasteiger partial charge in [0.2, 0.25) is 5.91 Å². The lowest BCUT2D eigenvalue weighted by Gasteiger charge is -2.13. The number of carbonyl (C=O) groups excluding carboxylic acids is 1. The van der Waals surface area contributed by atoms with Crippen LogP contribution in [0.15, 0.2) is 36.4 Å². The fourth-order valence-corrected chi connectivity index (χ4v) is 2.42. The van der Waals surface area contributed by atoms with Crippen molar-refractivity contribution in [2.75, 3.05) is 27.2 Å². The van der Waals surface area contributed by atoms with Crippen molar-refractivity contribution in [3.63, 3.8) is 0 Å². The van der Waals surface area contributed by atoms with Gasteiger partial charge in [-0.1, -0.05) is 24.3 Å². The Morgan fingerprint density at radius 3 is 2.59 bits per heavy atom. The first-order chi connectivity index (χ1) is 10.7. The molecule has 0 aliphatic carbocycles. The second-order valence-electron chi connectivity index (χ2n) is 5.44. The van der Waals surface area contributed by atoms with Crippen LogP contribution < -0.4 is 15.4 Å². The van der Waals surface area contributed by atoms with E-state index in [1.54, 1.807) is 7.11 Å². The van der Waals surface area contributed by atoms with Crippen LogP contribution in [0, 0.1) is 0 Å². The number of methoxy groups -OCH3 is 1. The Bertz CT molecular complexity index is 640. The molecule has 0 saturated carbocycles. The van der Waals surface area contributed by atoms with E-state index in [9.17, 15) is 4.79 Å². The fraction of sp³-hybridized carbons (Fsp3) is 0.389. The largest absolute Gasteiger partial charge is 0.497 e. The molecule has 0 aliphatic heterocycles. The third-order valence-corrected chi connectivity index (χ3v) is 3.87. The third-order valence-electron chi connectivity index (χ3n) is 3.87. The zero-order valence-corrected chi connectivity index (χ0v) is 13.5. The maximum atomic E-state index is 12.2. The highest BCUT2D eigenvalue weighted by atomic mass is 16.5. The molecular weight excluding hydrogens is 276 g/mol. The molecule has 0 fully saturated rings. The van der Waals surface area contributed by atoms with Crippen molar-refractivity contribution in [3.05, 3.63) is 42.0 Å². The lowest BCUT2D eigenvalue weighted by atomic mass is 9.97. The van der Waals surface area contributed by atoms with Gasteiger partial charge in [0.1, 0.15) is 5.75 Å². The van der Waals surface area contributed by atoms with Crippen molar-refractivity contribution in [2.45, 2.75) is 19.3 Å². The van der Waals surface area contributed by atoms with E-state index in [2.05, 4.69) is 16.7 Å². The Hall–Kier alpha value is -2.07. The number of fused-ring (bicyclic) bond motifs is 1. The second kappa shape index (κ2) is 7.80. The van der Waals surface area contributed by atoms with E-state index in [0.29, 0.717) is 6.54 Å². The van der Waals surface area contributed by atoms with Gasteiger partial charge >= 0.3 is 0 Å². The van der Waals surface area contributed by atoms with Crippen LogP contribution in [0.4, 0.5) is 0 Å². The van der Waals surface area contributed by atoms with E-state index in [4.69, 9.17) is 4.74 Å². The van der Waals surface area contributed by atoms with Crippen molar-refractivity contribution >= 4 is 16.7 Å². The molecule has 2 N–H and O–H groups in total. The van der Waals surface area contributed by atoms with Gasteiger partial charge in [-0.05, 0) is 55.4 Å². The van der Waals surface area contributed by atoms with Crippen LogP contribution >= 0.6 is 0 Å². The van der Waals surface area contributed by atoms with Gasteiger partial charge in [-0.2, -0.15) is 0 Å². The van der Waals surface area contributed by atoms with Crippen molar-refractivity contribution in [1.82, 2.24) is 10.6 Å². The van der Waals surface area contributed by atoms with E-state index in [1.165, 1.54) is 0 Å². The Kier molecular flexibility index (Phi) is 5.78. The molecule has 1 amide bonds. The summed E-state index contributed by atoms with van der Waals surface area (Å²) in [6, 6.07) is 12.1. The van der Waals surface area contributed by atoms with E-state index in [1.807, 2.05) is 44.3 Å². The average Bonchev–Trinajstić information content (AvgIpc) is 2.56. The molecule has 118 valence electrons. The van der Waals surface area contributed by atoms with Gasteiger partial charge in [-0.15, -0.1) is 0 Å². The van der Waals surface area contributed by atoms with E-state index < -0.39 is 0 Å². The number of nitrogens with one attached hydrogen (secondary N) is 2. The van der Waals surface area contributed by atoms with Crippen molar-refractivity contribution in [1.29, 1.82) is 0 Å². The zero-order chi connectivity index (χ0) is 15.9. The van der Waals surface area contributed by atoms with Gasteiger partial charge in [-0.3, -0.25) is 4.79 Å². The highest BCUT2D eigenvalue weighted by Crippen LogP contribution is 2.25. The number of carbonyl (C=O) groups is 1. The third kappa shape index (κ3) is 3.98. The smallest absolute Gasteiger partial charge is 0.227 e. The van der Waals surface area contributed by atoms with E-state index in [0.717, 1.165) is 35.1 Å². The Morgan fingerprint density at radius 1 is 1.14 bits per heavy atom. The number of ether oxygens (including phenoxy) is 1. The number of rotatable bonds is 7. The monoisotopic (exact) mass is 300 g/mol. The first-order valence-corrected chi connectivity index (χ1v) is 7.65. The van der Waals surface area contributed by atoms with Crippen LogP contribution in [0.3, 0.4) is 0 Å². The molecule has 0 radical (unpaired) electrons. The minimum absolute atomic E-state index is 0.0731. The summed E-state index contributed by atoms with van der Waals surface area (Å²) in [6.45, 7) is 3.55. The highest BCUT2D eigenvalue weighted by molar-refractivity contribution is 5.88. The summed E-state index contributed by atoms with van der Waals surface area (Å²) in [6.07, 6.45) is 0.937. The topological polar surface area (TPSA) is 50.4 Å². The van der Waals surface area contributed by atoms with Crippen molar-refractivity contribution in [3.8, 4) is 5.75 Å². The predicted molar refractivity (Wildman–Crippen MR) is 90.5 cm³/mol. The summed E-state index contributed by atoms with van der Waals surface area (Å²) in [5, 5.41) is 8.29. The molecule has 0 bridgehead atoms. The molecule has 2 aromatic rings. The maximum Gasteiger partial charge on any atom is 0.227 e. The average molecular weight is 300 g/mol. The first kappa shape index (κ1) is 16.3. The Balaban J connectivity index is 2.07. The van der Waals surface area contributed by atoms with Crippen LogP contribution in [0.25, 0.3) is 10.8 Å². The molecule has 4 heteroatoms. The molecule has 4 nitrogen and oxygen atoms in total. The molecule has 0 spiro atoms. The summed E-state index contributed by atoms with van der Waals surface area (Å²) >= 11 is 0. The number of hydrogen-bond donors (Lipinski definition) is 2. The predicted octanol–water partition coefficient (Wildman–Crippen LogP) is 2.68. The lowest BCUT2D eigenvalue weighted by Crippen LogP contribution is -2.30. The Labute approximate surface area is 131 Å². The summed E-state index contributed by atoms with van der Waals surface area (Å²) in [5.74, 6) is 0.764. The maximum absolute atomic E-state index is 12.2. The molecule has 1 unspecified atom stereocenters. The standard InChI is InChI=1S/C18H24N2O2/c1-13(18(21)20-10-4-9-19-2)14-5-6-16-12-17(22-3)8-7-15(16)11-14/h5-8,11-13,19H,4,9-10H2,1-3H3,(H,20,21). The van der Waals surface area contributed by atoms with Crippen LogP contribution in [0.1, 0.15) is 24.8 Å². The number of hydrogen-bond acceptors (Lipinski definition) is 3. The number of amides is 1. The quantitative estimate of drug-likeness (QED) is 0.773. The lowest BCUT2D eigenvalue weighted by molar-refractivity contribution is -0.122. The van der Waals surface area contributed by atoms with E-state index >= 15 is 0 Å². The SMILES string of the molecule is CNCCCNC(=O)C(C)c1ccc2cc(OC)ccc2c1. The summed E-state index contributed by atoms with van der Waals surface area (Å²) in [4.78, 5) is 12.2. The van der Waals surface area contributed by atoms with Gasteiger partial charge < -0.3 is 15.4 Å². The Morgan fingerprint density at radius 2 is 1.86 bits per heavy atom. The zero-order valence-electron chi connectivity index (χ0n) is 13.5. The van der Waals surface area contributed by atoms with Gasteiger partial charge in [0.25, 0.3) is 0 Å². The van der Waals surface area contributed by atoms with Gasteiger partial charge in [0.15, 0.2) is 0 Å². The number of benzene rings is 2. The van der Waals surface area contributed by atoms with Gasteiger partial charge in [-0.25, -0.2) is 0 Å². The summed E-state index contributed by atoms with van der Waals surface area (Å²) in [7, 11) is 3.57. The van der Waals surface area contributed by atoms with Gasteiger partial charge in [0, 0.05) is 6.54 Å². The molecule has 0 aliphatic rings. The summed E-state index contributed by atoms with van der Waals surface area (Å²) < 4.78 is 5.23. The highest BCUT2D eigenvalue weighted by Gasteiger charge is 2.15. The van der Waals surface area contributed by atoms with E-state index in [-0.39, 0.29) is 11.8 Å². The fourth-order valence-electron chi connectivity index (χ4n) is 2.42. The minimum Gasteiger partial charge on any atom is -0.497 e. The van der Waals surface area contributed by atoms with Crippen molar-refractivity contribution in [2.24, 2.45) is 0 Å². The molecule has 0 aromatic heterocycles. The van der Waals surface area contributed by atoms with Crippen molar-refractivity contribution < 1.29 is 9.53 Å². The molecule has 2 rings (SSSR count). The van der Waals surface area contributed by atoms with Crippen LogP contribution in [-0.4, -0.2) is 33.2 Å². The van der Waals surface area contributed by atoms with Crippen LogP contribution in [0.5, 0.6) is 5.75 Å².